The molecule has 2 atom stereocenters. The zero-order valence-corrected chi connectivity index (χ0v) is 8.88. The fraction of sp³-hybridized carbons (Fsp3) is 1.00. The minimum Gasteiger partial charge on any atom is -0.390 e. The predicted molar refractivity (Wildman–Crippen MR) is 53.7 cm³/mol. The number of hydrogen-bond donors (Lipinski definition) is 1. The molecule has 2 unspecified atom stereocenters. The maximum absolute atomic E-state index is 9.96. The van der Waals surface area contributed by atoms with Crippen LogP contribution >= 0.6 is 0 Å². The second-order valence-corrected chi connectivity index (χ2v) is 4.09. The highest BCUT2D eigenvalue weighted by Crippen LogP contribution is 2.49. The van der Waals surface area contributed by atoms with Gasteiger partial charge in [0.2, 0.25) is 0 Å². The van der Waals surface area contributed by atoms with Crippen molar-refractivity contribution in [3.63, 3.8) is 0 Å². The summed E-state index contributed by atoms with van der Waals surface area (Å²) in [5, 5.41) is 9.96. The molecule has 0 bridgehead atoms. The molecule has 0 aromatic heterocycles. The molecule has 1 aliphatic carbocycles. The van der Waals surface area contributed by atoms with Crippen LogP contribution in [0.3, 0.4) is 0 Å². The second-order valence-electron chi connectivity index (χ2n) is 4.09. The summed E-state index contributed by atoms with van der Waals surface area (Å²) in [6, 6.07) is 0. The highest BCUT2D eigenvalue weighted by atomic mass is 16.5. The summed E-state index contributed by atoms with van der Waals surface area (Å²) in [5.74, 6) is 0.583. The van der Waals surface area contributed by atoms with E-state index in [2.05, 4.69) is 6.92 Å². The lowest BCUT2D eigenvalue weighted by atomic mass is 10.1. The Morgan fingerprint density at radius 3 is 2.85 bits per heavy atom. The lowest BCUT2D eigenvalue weighted by molar-refractivity contribution is 0.0898. The first-order valence-corrected chi connectivity index (χ1v) is 5.53. The standard InChI is InChI=1S/C11H22O2/c1-3-6-10-9-11(10,12)7-5-8-13-4-2/h10,12H,3-9H2,1-2H3. The summed E-state index contributed by atoms with van der Waals surface area (Å²) < 4.78 is 5.24. The molecule has 2 heteroatoms. The largest absolute Gasteiger partial charge is 0.390 e. The fourth-order valence-corrected chi connectivity index (χ4v) is 2.02. The van der Waals surface area contributed by atoms with Gasteiger partial charge >= 0.3 is 0 Å². The molecule has 0 aliphatic heterocycles. The monoisotopic (exact) mass is 186 g/mol. The Kier molecular flexibility index (Phi) is 4.20. The predicted octanol–water partition coefficient (Wildman–Crippen LogP) is 2.35. The molecule has 1 rings (SSSR count). The van der Waals surface area contributed by atoms with Gasteiger partial charge in [0.1, 0.15) is 0 Å². The van der Waals surface area contributed by atoms with E-state index in [0.717, 1.165) is 32.5 Å². The Bertz CT molecular complexity index is 147. The molecule has 0 heterocycles. The van der Waals surface area contributed by atoms with Gasteiger partial charge < -0.3 is 9.84 Å². The summed E-state index contributed by atoms with van der Waals surface area (Å²) in [6.07, 6.45) is 5.33. The molecule has 1 aliphatic rings. The zero-order chi connectivity index (χ0) is 9.73. The number of aliphatic hydroxyl groups is 1. The van der Waals surface area contributed by atoms with Crippen molar-refractivity contribution in [3.8, 4) is 0 Å². The maximum atomic E-state index is 9.96. The normalized spacial score (nSPS) is 32.1. The van der Waals surface area contributed by atoms with E-state index in [4.69, 9.17) is 4.74 Å². The van der Waals surface area contributed by atoms with Crippen LogP contribution in [0, 0.1) is 5.92 Å². The lowest BCUT2D eigenvalue weighted by Gasteiger charge is -2.09. The quantitative estimate of drug-likeness (QED) is 0.618. The Hall–Kier alpha value is -0.0800. The summed E-state index contributed by atoms with van der Waals surface area (Å²) >= 11 is 0. The van der Waals surface area contributed by atoms with Gasteiger partial charge in [0.05, 0.1) is 5.60 Å². The van der Waals surface area contributed by atoms with Gasteiger partial charge in [-0.3, -0.25) is 0 Å². The second kappa shape index (κ2) is 4.97. The Morgan fingerprint density at radius 1 is 1.46 bits per heavy atom. The summed E-state index contributed by atoms with van der Waals surface area (Å²) in [4.78, 5) is 0. The molecule has 0 radical (unpaired) electrons. The average molecular weight is 186 g/mol. The molecule has 78 valence electrons. The van der Waals surface area contributed by atoms with Crippen LogP contribution in [0.2, 0.25) is 0 Å². The van der Waals surface area contributed by atoms with Gasteiger partial charge in [-0.15, -0.1) is 0 Å². The van der Waals surface area contributed by atoms with Crippen LogP contribution in [0.1, 0.15) is 46.0 Å². The number of rotatable bonds is 7. The van der Waals surface area contributed by atoms with Gasteiger partial charge in [-0.05, 0) is 38.5 Å². The molecule has 2 nitrogen and oxygen atoms in total. The van der Waals surface area contributed by atoms with E-state index in [0.29, 0.717) is 5.92 Å². The van der Waals surface area contributed by atoms with Crippen molar-refractivity contribution in [1.82, 2.24) is 0 Å². The van der Waals surface area contributed by atoms with Gasteiger partial charge in [-0.1, -0.05) is 13.3 Å². The molecule has 0 aromatic rings. The van der Waals surface area contributed by atoms with Gasteiger partial charge in [0.15, 0.2) is 0 Å². The third-order valence-electron chi connectivity index (χ3n) is 2.94. The summed E-state index contributed by atoms with van der Waals surface area (Å²) in [5.41, 5.74) is -0.312. The van der Waals surface area contributed by atoms with E-state index in [1.807, 2.05) is 6.92 Å². The smallest absolute Gasteiger partial charge is 0.0681 e. The number of hydrogen-bond acceptors (Lipinski definition) is 2. The van der Waals surface area contributed by atoms with Crippen molar-refractivity contribution in [3.05, 3.63) is 0 Å². The van der Waals surface area contributed by atoms with Crippen molar-refractivity contribution >= 4 is 0 Å². The number of ether oxygens (including phenoxy) is 1. The van der Waals surface area contributed by atoms with E-state index in [-0.39, 0.29) is 5.60 Å². The SMILES string of the molecule is CCCC1CC1(O)CCCOCC. The zero-order valence-electron chi connectivity index (χ0n) is 8.88. The third-order valence-corrected chi connectivity index (χ3v) is 2.94. The van der Waals surface area contributed by atoms with E-state index in [1.165, 1.54) is 12.8 Å². The van der Waals surface area contributed by atoms with Crippen LogP contribution in [0.15, 0.2) is 0 Å². The van der Waals surface area contributed by atoms with E-state index >= 15 is 0 Å². The van der Waals surface area contributed by atoms with Crippen molar-refractivity contribution in [2.45, 2.75) is 51.6 Å². The van der Waals surface area contributed by atoms with Crippen LogP contribution < -0.4 is 0 Å². The van der Waals surface area contributed by atoms with Crippen molar-refractivity contribution < 1.29 is 9.84 Å². The molecular formula is C11H22O2. The van der Waals surface area contributed by atoms with Gasteiger partial charge in [-0.2, -0.15) is 0 Å². The molecule has 0 aromatic carbocycles. The van der Waals surface area contributed by atoms with Crippen molar-refractivity contribution in [1.29, 1.82) is 0 Å². The molecule has 1 saturated carbocycles. The maximum Gasteiger partial charge on any atom is 0.0681 e. The molecule has 1 fully saturated rings. The topological polar surface area (TPSA) is 29.5 Å². The van der Waals surface area contributed by atoms with E-state index < -0.39 is 0 Å². The average Bonchev–Trinajstić information content (AvgIpc) is 2.73. The molecule has 0 saturated heterocycles. The lowest BCUT2D eigenvalue weighted by Crippen LogP contribution is -2.12. The first kappa shape index (κ1) is 11.0. The van der Waals surface area contributed by atoms with Crippen LogP contribution in [-0.4, -0.2) is 23.9 Å². The molecule has 1 N–H and O–H groups in total. The van der Waals surface area contributed by atoms with Crippen molar-refractivity contribution in [2.75, 3.05) is 13.2 Å². The van der Waals surface area contributed by atoms with Crippen LogP contribution in [0.4, 0.5) is 0 Å². The molecule has 0 spiro atoms. The highest BCUT2D eigenvalue weighted by Gasteiger charge is 2.50. The van der Waals surface area contributed by atoms with Crippen LogP contribution in [0.25, 0.3) is 0 Å². The Labute approximate surface area is 81.3 Å². The van der Waals surface area contributed by atoms with Crippen molar-refractivity contribution in [2.24, 2.45) is 5.92 Å². The molecular weight excluding hydrogens is 164 g/mol. The first-order chi connectivity index (χ1) is 6.23. The Morgan fingerprint density at radius 2 is 2.23 bits per heavy atom. The Balaban J connectivity index is 2.02. The first-order valence-electron chi connectivity index (χ1n) is 5.53. The minimum absolute atomic E-state index is 0.312. The molecule has 13 heavy (non-hydrogen) atoms. The summed E-state index contributed by atoms with van der Waals surface area (Å²) in [7, 11) is 0. The van der Waals surface area contributed by atoms with Crippen LogP contribution in [-0.2, 0) is 4.74 Å². The molecule has 0 amide bonds. The van der Waals surface area contributed by atoms with Gasteiger partial charge in [0.25, 0.3) is 0 Å². The van der Waals surface area contributed by atoms with E-state index in [1.54, 1.807) is 0 Å². The third kappa shape index (κ3) is 3.28. The highest BCUT2D eigenvalue weighted by molar-refractivity contribution is 5.02. The minimum atomic E-state index is -0.312. The van der Waals surface area contributed by atoms with Crippen LogP contribution in [0.5, 0.6) is 0 Å². The summed E-state index contributed by atoms with van der Waals surface area (Å²) in [6.45, 7) is 5.78. The van der Waals surface area contributed by atoms with Gasteiger partial charge in [-0.25, -0.2) is 0 Å². The fourth-order valence-electron chi connectivity index (χ4n) is 2.02. The van der Waals surface area contributed by atoms with E-state index in [9.17, 15) is 5.11 Å². The van der Waals surface area contributed by atoms with Gasteiger partial charge in [0, 0.05) is 13.2 Å².